The maximum Gasteiger partial charge on any atom is 0.416 e. The summed E-state index contributed by atoms with van der Waals surface area (Å²) >= 11 is 0. The van der Waals surface area contributed by atoms with Crippen molar-refractivity contribution in [2.24, 2.45) is 0 Å². The van der Waals surface area contributed by atoms with Gasteiger partial charge < -0.3 is 15.4 Å². The fourth-order valence-electron chi connectivity index (χ4n) is 0.467. The van der Waals surface area contributed by atoms with Crippen molar-refractivity contribution in [3.63, 3.8) is 0 Å². The molecule has 0 rings (SSSR count). The third-order valence-corrected chi connectivity index (χ3v) is 0.967. The monoisotopic (exact) mass is 184 g/mol. The summed E-state index contributed by atoms with van der Waals surface area (Å²) < 4.78 is 4.26. The van der Waals surface area contributed by atoms with Gasteiger partial charge in [-0.2, -0.15) is 0 Å². The third kappa shape index (κ3) is 6.61. The van der Waals surface area contributed by atoms with Crippen LogP contribution in [0.4, 0.5) is 9.59 Å². The van der Waals surface area contributed by atoms with E-state index in [-0.39, 0.29) is 13.1 Å². The van der Waals surface area contributed by atoms with E-state index in [1.807, 2.05) is 0 Å². The maximum absolute atomic E-state index is 10.7. The lowest BCUT2D eigenvalue weighted by Gasteiger charge is -2.03. The Hall–Kier alpha value is -1.78. The molecule has 2 N–H and O–H groups in total. The lowest BCUT2D eigenvalue weighted by atomic mass is 10.6. The van der Waals surface area contributed by atoms with Gasteiger partial charge in [-0.1, -0.05) is 12.2 Å². The Bertz CT molecular complexity index is 191. The highest BCUT2D eigenvalue weighted by Crippen LogP contribution is 1.79. The summed E-state index contributed by atoms with van der Waals surface area (Å²) in [6.45, 7) is 7.27. The second-order valence-electron chi connectivity index (χ2n) is 2.02. The minimum atomic E-state index is -0.804. The molecule has 0 saturated heterocycles. The van der Waals surface area contributed by atoms with Crippen LogP contribution in [0.5, 0.6) is 0 Å². The molecule has 0 aliphatic carbocycles. The first-order chi connectivity index (χ1) is 6.20. The summed E-state index contributed by atoms with van der Waals surface area (Å²) in [6.07, 6.45) is 1.34. The van der Waals surface area contributed by atoms with Gasteiger partial charge in [-0.05, 0) is 0 Å². The quantitative estimate of drug-likeness (QED) is 0.501. The molecular weight excluding hydrogens is 172 g/mol. The summed E-state index contributed by atoms with van der Waals surface area (Å²) in [6, 6.07) is 0. The van der Waals surface area contributed by atoms with Crippen molar-refractivity contribution in [3.05, 3.63) is 25.3 Å². The number of hydrogen-bond donors (Lipinski definition) is 2. The molecule has 0 atom stereocenters. The van der Waals surface area contributed by atoms with Crippen LogP contribution in [0, 0.1) is 0 Å². The zero-order chi connectivity index (χ0) is 10.1. The van der Waals surface area contributed by atoms with E-state index < -0.39 is 12.2 Å². The Morgan fingerprint density at radius 2 is 1.46 bits per heavy atom. The topological polar surface area (TPSA) is 67.4 Å². The minimum Gasteiger partial charge on any atom is -0.359 e. The van der Waals surface area contributed by atoms with Crippen LogP contribution >= 0.6 is 0 Å². The van der Waals surface area contributed by atoms with E-state index >= 15 is 0 Å². The number of carbonyl (C=O) groups excluding carboxylic acids is 2. The summed E-state index contributed by atoms with van der Waals surface area (Å²) in [7, 11) is 0. The standard InChI is InChI=1S/C8H12N2O3/c1-3-5-9-7(11)13-8(12)10-6-4-2/h3-4H,1-2,5-6H2,(H,9,11)(H,10,12). The molecule has 0 spiro atoms. The average Bonchev–Trinajstić information content (AvgIpc) is 2.11. The molecule has 0 aliphatic rings. The number of rotatable bonds is 4. The van der Waals surface area contributed by atoms with Gasteiger partial charge in [0.25, 0.3) is 0 Å². The third-order valence-electron chi connectivity index (χ3n) is 0.967. The molecule has 0 saturated carbocycles. The predicted molar refractivity (Wildman–Crippen MR) is 48.3 cm³/mol. The van der Waals surface area contributed by atoms with Crippen molar-refractivity contribution in [2.45, 2.75) is 0 Å². The van der Waals surface area contributed by atoms with Crippen LogP contribution in [0.25, 0.3) is 0 Å². The molecule has 13 heavy (non-hydrogen) atoms. The number of ether oxygens (including phenoxy) is 1. The lowest BCUT2D eigenvalue weighted by molar-refractivity contribution is 0.151. The molecule has 0 aromatic heterocycles. The summed E-state index contributed by atoms with van der Waals surface area (Å²) in [5, 5.41) is 4.55. The van der Waals surface area contributed by atoms with Crippen molar-refractivity contribution in [1.82, 2.24) is 10.6 Å². The van der Waals surface area contributed by atoms with Crippen molar-refractivity contribution in [2.75, 3.05) is 13.1 Å². The van der Waals surface area contributed by atoms with Crippen LogP contribution in [0.1, 0.15) is 0 Å². The maximum atomic E-state index is 10.7. The number of amides is 2. The molecule has 0 heterocycles. The number of hydrogen-bond acceptors (Lipinski definition) is 3. The first-order valence-electron chi connectivity index (χ1n) is 3.66. The molecule has 0 aliphatic heterocycles. The van der Waals surface area contributed by atoms with Gasteiger partial charge in [0.15, 0.2) is 0 Å². The first-order valence-corrected chi connectivity index (χ1v) is 3.66. The van der Waals surface area contributed by atoms with Crippen molar-refractivity contribution >= 4 is 12.2 Å². The zero-order valence-corrected chi connectivity index (χ0v) is 7.21. The molecule has 5 nitrogen and oxygen atoms in total. The van der Waals surface area contributed by atoms with Gasteiger partial charge in [0.1, 0.15) is 0 Å². The largest absolute Gasteiger partial charge is 0.416 e. The van der Waals surface area contributed by atoms with Gasteiger partial charge in [0.05, 0.1) is 0 Å². The van der Waals surface area contributed by atoms with Gasteiger partial charge in [-0.25, -0.2) is 9.59 Å². The molecular formula is C8H12N2O3. The minimum absolute atomic E-state index is 0.258. The number of nitrogens with one attached hydrogen (secondary N) is 2. The van der Waals surface area contributed by atoms with Crippen LogP contribution in [0.3, 0.4) is 0 Å². The van der Waals surface area contributed by atoms with Gasteiger partial charge in [0.2, 0.25) is 0 Å². The van der Waals surface area contributed by atoms with E-state index in [2.05, 4.69) is 28.5 Å². The molecule has 0 radical (unpaired) electrons. The Morgan fingerprint density at radius 1 is 1.08 bits per heavy atom. The zero-order valence-electron chi connectivity index (χ0n) is 7.21. The molecule has 0 bridgehead atoms. The summed E-state index contributed by atoms with van der Waals surface area (Å²) in [4.78, 5) is 21.4. The van der Waals surface area contributed by atoms with E-state index in [1.54, 1.807) is 0 Å². The van der Waals surface area contributed by atoms with Crippen LogP contribution < -0.4 is 10.6 Å². The van der Waals surface area contributed by atoms with Crippen LogP contribution in [0.15, 0.2) is 25.3 Å². The SMILES string of the molecule is C=CCNC(=O)OC(=O)NCC=C. The van der Waals surface area contributed by atoms with Crippen molar-refractivity contribution in [1.29, 1.82) is 0 Å². The number of carbonyl (C=O) groups is 2. The molecule has 0 aromatic carbocycles. The normalized spacial score (nSPS) is 8.31. The molecule has 2 amide bonds. The predicted octanol–water partition coefficient (Wildman–Crippen LogP) is 0.794. The highest BCUT2D eigenvalue weighted by molar-refractivity contribution is 5.83. The molecule has 0 aromatic rings. The Kier molecular flexibility index (Phi) is 5.96. The van der Waals surface area contributed by atoms with E-state index in [9.17, 15) is 9.59 Å². The molecule has 0 fully saturated rings. The summed E-state index contributed by atoms with van der Waals surface area (Å²) in [5.74, 6) is 0. The van der Waals surface area contributed by atoms with Crippen LogP contribution in [-0.2, 0) is 4.74 Å². The van der Waals surface area contributed by atoms with E-state index in [1.165, 1.54) is 12.2 Å². The average molecular weight is 184 g/mol. The molecule has 0 unspecified atom stereocenters. The molecule has 72 valence electrons. The highest BCUT2D eigenvalue weighted by Gasteiger charge is 2.06. The van der Waals surface area contributed by atoms with Crippen molar-refractivity contribution in [3.8, 4) is 0 Å². The summed E-state index contributed by atoms with van der Waals surface area (Å²) in [5.41, 5.74) is 0. The second kappa shape index (κ2) is 6.90. The Labute approximate surface area is 76.5 Å². The van der Waals surface area contributed by atoms with Gasteiger partial charge in [0, 0.05) is 13.1 Å². The second-order valence-corrected chi connectivity index (χ2v) is 2.02. The smallest absolute Gasteiger partial charge is 0.359 e. The van der Waals surface area contributed by atoms with Crippen LogP contribution in [0.2, 0.25) is 0 Å². The van der Waals surface area contributed by atoms with E-state index in [0.717, 1.165) is 0 Å². The van der Waals surface area contributed by atoms with Crippen molar-refractivity contribution < 1.29 is 14.3 Å². The van der Waals surface area contributed by atoms with Gasteiger partial charge in [-0.15, -0.1) is 13.2 Å². The fraction of sp³-hybridized carbons (Fsp3) is 0.250. The van der Waals surface area contributed by atoms with Gasteiger partial charge >= 0.3 is 12.2 Å². The van der Waals surface area contributed by atoms with E-state index in [0.29, 0.717) is 0 Å². The Balaban J connectivity index is 3.58. The Morgan fingerprint density at radius 3 is 1.77 bits per heavy atom. The first kappa shape index (κ1) is 11.2. The van der Waals surface area contributed by atoms with E-state index in [4.69, 9.17) is 0 Å². The fourth-order valence-corrected chi connectivity index (χ4v) is 0.467. The molecule has 5 heteroatoms. The number of alkyl carbamates (subject to hydrolysis) is 2. The van der Waals surface area contributed by atoms with Gasteiger partial charge in [-0.3, -0.25) is 0 Å². The highest BCUT2D eigenvalue weighted by atomic mass is 16.6. The lowest BCUT2D eigenvalue weighted by Crippen LogP contribution is -2.32. The van der Waals surface area contributed by atoms with Crippen LogP contribution in [-0.4, -0.2) is 25.3 Å².